The number of aliphatic imine (C=N–C) groups is 1. The van der Waals surface area contributed by atoms with Crippen LogP contribution in [0, 0.1) is 0 Å². The highest BCUT2D eigenvalue weighted by Crippen LogP contribution is 1.99. The first-order chi connectivity index (χ1) is 7.54. The fourth-order valence-electron chi connectivity index (χ4n) is 1.50. The minimum Gasteiger partial charge on any atom is -0.349 e. The van der Waals surface area contributed by atoms with Crippen LogP contribution in [0.4, 0.5) is 0 Å². The van der Waals surface area contributed by atoms with Crippen LogP contribution in [0.15, 0.2) is 17.3 Å². The molecule has 5 nitrogen and oxygen atoms in total. The van der Waals surface area contributed by atoms with Gasteiger partial charge in [0.1, 0.15) is 0 Å². The van der Waals surface area contributed by atoms with E-state index in [2.05, 4.69) is 17.0 Å². The van der Waals surface area contributed by atoms with Gasteiger partial charge in [-0.05, 0) is 13.0 Å². The Bertz CT molecular complexity index is 341. The molecule has 0 aliphatic carbocycles. The Morgan fingerprint density at radius 3 is 2.38 bits per heavy atom. The number of hydrogen-bond donors (Lipinski definition) is 0. The molecule has 0 atom stereocenters. The Balaban J connectivity index is 2.69. The Hall–Kier alpha value is -1.52. The maximum Gasteiger partial charge on any atom is 0.195 e. The molecule has 1 aromatic rings. The van der Waals surface area contributed by atoms with Crippen molar-refractivity contribution in [1.29, 1.82) is 0 Å². The molecule has 0 radical (unpaired) electrons. The minimum atomic E-state index is 0.624. The molecule has 0 spiro atoms. The molecular weight excluding hydrogens is 202 g/mol. The van der Waals surface area contributed by atoms with Gasteiger partial charge in [-0.15, -0.1) is 0 Å². The zero-order valence-electron chi connectivity index (χ0n) is 10.8. The van der Waals surface area contributed by atoms with Crippen molar-refractivity contribution in [2.75, 3.05) is 28.2 Å². The van der Waals surface area contributed by atoms with Crippen LogP contribution in [0.2, 0.25) is 0 Å². The normalized spacial score (nSPS) is 10.1. The summed E-state index contributed by atoms with van der Waals surface area (Å²) >= 11 is 0. The van der Waals surface area contributed by atoms with Gasteiger partial charge in [-0.2, -0.15) is 5.10 Å². The molecule has 0 aliphatic heterocycles. The molecule has 0 unspecified atom stereocenters. The van der Waals surface area contributed by atoms with Gasteiger partial charge >= 0.3 is 0 Å². The average Bonchev–Trinajstić information content (AvgIpc) is 2.65. The fourth-order valence-corrected chi connectivity index (χ4v) is 1.50. The largest absolute Gasteiger partial charge is 0.349 e. The van der Waals surface area contributed by atoms with Crippen molar-refractivity contribution < 1.29 is 0 Å². The van der Waals surface area contributed by atoms with Crippen LogP contribution in [0.3, 0.4) is 0 Å². The molecule has 0 amide bonds. The summed E-state index contributed by atoms with van der Waals surface area (Å²) in [5.74, 6) is 0.950. The van der Waals surface area contributed by atoms with Gasteiger partial charge in [-0.1, -0.05) is 0 Å². The molecule has 1 rings (SSSR count). The second-order valence-electron chi connectivity index (χ2n) is 4.07. The third-order valence-electron chi connectivity index (χ3n) is 2.20. The van der Waals surface area contributed by atoms with E-state index in [9.17, 15) is 0 Å². The van der Waals surface area contributed by atoms with E-state index < -0.39 is 0 Å². The van der Waals surface area contributed by atoms with E-state index in [-0.39, 0.29) is 0 Å². The first-order valence-corrected chi connectivity index (χ1v) is 5.46. The fraction of sp³-hybridized carbons (Fsp3) is 0.636. The lowest BCUT2D eigenvalue weighted by atomic mass is 10.4. The first kappa shape index (κ1) is 12.5. The standard InChI is InChI=1S/C11H21N5/c1-6-16-8-7-10(13-16)9-12-11(14(2)3)15(4)5/h7-8H,6,9H2,1-5H3. The van der Waals surface area contributed by atoms with Crippen molar-refractivity contribution >= 4 is 5.96 Å². The Morgan fingerprint density at radius 1 is 1.31 bits per heavy atom. The predicted octanol–water partition coefficient (Wildman–Crippen LogP) is 0.882. The summed E-state index contributed by atoms with van der Waals surface area (Å²) in [7, 11) is 7.96. The molecule has 90 valence electrons. The van der Waals surface area contributed by atoms with Gasteiger partial charge in [-0.3, -0.25) is 4.68 Å². The van der Waals surface area contributed by atoms with E-state index in [0.717, 1.165) is 18.2 Å². The molecule has 0 bridgehead atoms. The third kappa shape index (κ3) is 3.25. The van der Waals surface area contributed by atoms with Crippen molar-refractivity contribution in [2.24, 2.45) is 4.99 Å². The van der Waals surface area contributed by atoms with Gasteiger partial charge in [0.05, 0.1) is 12.2 Å². The van der Waals surface area contributed by atoms with E-state index in [1.165, 1.54) is 0 Å². The number of aromatic nitrogens is 2. The molecule has 0 N–H and O–H groups in total. The lowest BCUT2D eigenvalue weighted by molar-refractivity contribution is 0.479. The van der Waals surface area contributed by atoms with Gasteiger partial charge in [0.25, 0.3) is 0 Å². The SMILES string of the molecule is CCn1ccc(CN=C(N(C)C)N(C)C)n1. The van der Waals surface area contributed by atoms with Crippen molar-refractivity contribution in [3.8, 4) is 0 Å². The highest BCUT2D eigenvalue weighted by Gasteiger charge is 2.04. The van der Waals surface area contributed by atoms with E-state index in [1.54, 1.807) is 0 Å². The van der Waals surface area contributed by atoms with Crippen LogP contribution in [0.25, 0.3) is 0 Å². The summed E-state index contributed by atoms with van der Waals surface area (Å²) in [5.41, 5.74) is 1.00. The number of guanidine groups is 1. The molecule has 0 aromatic carbocycles. The lowest BCUT2D eigenvalue weighted by Crippen LogP contribution is -2.35. The molecule has 0 saturated carbocycles. The van der Waals surface area contributed by atoms with Crippen LogP contribution in [-0.4, -0.2) is 53.7 Å². The summed E-state index contributed by atoms with van der Waals surface area (Å²) in [6.07, 6.45) is 1.98. The summed E-state index contributed by atoms with van der Waals surface area (Å²) in [6.45, 7) is 3.60. The number of hydrogen-bond acceptors (Lipinski definition) is 2. The zero-order chi connectivity index (χ0) is 12.1. The van der Waals surface area contributed by atoms with Gasteiger partial charge in [-0.25, -0.2) is 4.99 Å². The summed E-state index contributed by atoms with van der Waals surface area (Å²) in [4.78, 5) is 8.53. The number of nitrogens with zero attached hydrogens (tertiary/aromatic N) is 5. The third-order valence-corrected chi connectivity index (χ3v) is 2.20. The second-order valence-corrected chi connectivity index (χ2v) is 4.07. The van der Waals surface area contributed by atoms with E-state index in [1.807, 2.05) is 54.9 Å². The Kier molecular flexibility index (Phi) is 4.34. The lowest BCUT2D eigenvalue weighted by Gasteiger charge is -2.22. The van der Waals surface area contributed by atoms with Crippen molar-refractivity contribution in [1.82, 2.24) is 19.6 Å². The summed E-state index contributed by atoms with van der Waals surface area (Å²) in [5, 5.41) is 4.39. The Morgan fingerprint density at radius 2 is 1.94 bits per heavy atom. The van der Waals surface area contributed by atoms with Gasteiger partial charge in [0, 0.05) is 40.9 Å². The van der Waals surface area contributed by atoms with E-state index in [4.69, 9.17) is 0 Å². The molecule has 5 heteroatoms. The highest BCUT2D eigenvalue weighted by atomic mass is 15.3. The van der Waals surface area contributed by atoms with E-state index >= 15 is 0 Å². The molecule has 1 heterocycles. The molecule has 1 aromatic heterocycles. The van der Waals surface area contributed by atoms with Gasteiger partial charge in [0.2, 0.25) is 0 Å². The Labute approximate surface area is 97.4 Å². The smallest absolute Gasteiger partial charge is 0.195 e. The van der Waals surface area contributed by atoms with Crippen LogP contribution in [-0.2, 0) is 13.1 Å². The highest BCUT2D eigenvalue weighted by molar-refractivity contribution is 5.79. The maximum atomic E-state index is 4.53. The average molecular weight is 223 g/mol. The van der Waals surface area contributed by atoms with Crippen LogP contribution >= 0.6 is 0 Å². The number of aryl methyl sites for hydroxylation is 1. The topological polar surface area (TPSA) is 36.7 Å². The predicted molar refractivity (Wildman–Crippen MR) is 66.4 cm³/mol. The summed E-state index contributed by atoms with van der Waals surface area (Å²) < 4.78 is 1.91. The van der Waals surface area contributed by atoms with Crippen molar-refractivity contribution in [3.63, 3.8) is 0 Å². The second kappa shape index (κ2) is 5.53. The van der Waals surface area contributed by atoms with Gasteiger partial charge < -0.3 is 9.80 Å². The van der Waals surface area contributed by atoms with Crippen molar-refractivity contribution in [3.05, 3.63) is 18.0 Å². The molecule has 0 fully saturated rings. The summed E-state index contributed by atoms with van der Waals surface area (Å²) in [6, 6.07) is 2.01. The zero-order valence-corrected chi connectivity index (χ0v) is 10.8. The first-order valence-electron chi connectivity index (χ1n) is 5.46. The van der Waals surface area contributed by atoms with Crippen LogP contribution in [0.1, 0.15) is 12.6 Å². The maximum absolute atomic E-state index is 4.53. The van der Waals surface area contributed by atoms with Crippen LogP contribution < -0.4 is 0 Å². The number of rotatable bonds is 3. The minimum absolute atomic E-state index is 0.624. The molecular formula is C11H21N5. The van der Waals surface area contributed by atoms with Crippen LogP contribution in [0.5, 0.6) is 0 Å². The van der Waals surface area contributed by atoms with Crippen molar-refractivity contribution in [2.45, 2.75) is 20.0 Å². The quantitative estimate of drug-likeness (QED) is 0.564. The molecule has 16 heavy (non-hydrogen) atoms. The molecule has 0 aliphatic rings. The monoisotopic (exact) mass is 223 g/mol. The van der Waals surface area contributed by atoms with Gasteiger partial charge in [0.15, 0.2) is 5.96 Å². The molecule has 0 saturated heterocycles. The van der Waals surface area contributed by atoms with E-state index in [0.29, 0.717) is 6.54 Å².